The normalized spacial score (nSPS) is 11.5. The zero-order valence-electron chi connectivity index (χ0n) is 8.43. The van der Waals surface area contributed by atoms with Crippen LogP contribution in [0.1, 0.15) is 40.0 Å². The molecule has 0 aliphatic carbocycles. The topological polar surface area (TPSA) is 20.2 Å². The minimum atomic E-state index is 0.264. The highest BCUT2D eigenvalue weighted by Crippen LogP contribution is 2.06. The van der Waals surface area contributed by atoms with E-state index in [-0.39, 0.29) is 6.61 Å². The molecule has 0 fully saturated rings. The first-order chi connectivity index (χ1) is 5.66. The summed E-state index contributed by atoms with van der Waals surface area (Å²) in [6.45, 7) is 6.62. The SMILES string of the molecule is CC(C)=CCCC(C)=CCCO. The Labute approximate surface area is 75.8 Å². The predicted octanol–water partition coefficient (Wildman–Crippen LogP) is 3.06. The van der Waals surface area contributed by atoms with Crippen LogP contribution in [-0.2, 0) is 0 Å². The number of rotatable bonds is 5. The van der Waals surface area contributed by atoms with E-state index in [1.807, 2.05) is 0 Å². The van der Waals surface area contributed by atoms with E-state index in [4.69, 9.17) is 5.11 Å². The van der Waals surface area contributed by atoms with Crippen molar-refractivity contribution in [2.45, 2.75) is 40.0 Å². The lowest BCUT2D eigenvalue weighted by atomic mass is 10.1. The Morgan fingerprint density at radius 2 is 1.75 bits per heavy atom. The third kappa shape index (κ3) is 7.55. The van der Waals surface area contributed by atoms with Crippen molar-refractivity contribution >= 4 is 0 Å². The molecule has 0 rings (SSSR count). The molecule has 0 aromatic heterocycles. The monoisotopic (exact) mass is 168 g/mol. The van der Waals surface area contributed by atoms with Gasteiger partial charge in [-0.2, -0.15) is 0 Å². The smallest absolute Gasteiger partial charge is 0.0465 e. The quantitative estimate of drug-likeness (QED) is 0.625. The highest BCUT2D eigenvalue weighted by atomic mass is 16.2. The Kier molecular flexibility index (Phi) is 6.78. The van der Waals surface area contributed by atoms with Crippen LogP contribution >= 0.6 is 0 Å². The van der Waals surface area contributed by atoms with E-state index in [1.165, 1.54) is 11.1 Å². The van der Waals surface area contributed by atoms with Gasteiger partial charge in [-0.15, -0.1) is 0 Å². The maximum absolute atomic E-state index is 8.57. The van der Waals surface area contributed by atoms with Crippen molar-refractivity contribution in [3.63, 3.8) is 0 Å². The molecule has 0 saturated heterocycles. The fourth-order valence-electron chi connectivity index (χ4n) is 1.00. The van der Waals surface area contributed by atoms with E-state index in [9.17, 15) is 0 Å². The Bertz CT molecular complexity index is 162. The summed E-state index contributed by atoms with van der Waals surface area (Å²) in [5.41, 5.74) is 2.76. The molecule has 12 heavy (non-hydrogen) atoms. The summed E-state index contributed by atoms with van der Waals surface area (Å²) in [5.74, 6) is 0. The fraction of sp³-hybridized carbons (Fsp3) is 0.636. The van der Waals surface area contributed by atoms with E-state index in [1.54, 1.807) is 0 Å². The number of hydrogen-bond donors (Lipinski definition) is 1. The van der Waals surface area contributed by atoms with Crippen molar-refractivity contribution in [1.82, 2.24) is 0 Å². The van der Waals surface area contributed by atoms with Gasteiger partial charge in [0.05, 0.1) is 0 Å². The molecule has 0 heterocycles. The first-order valence-corrected chi connectivity index (χ1v) is 4.56. The van der Waals surface area contributed by atoms with E-state index < -0.39 is 0 Å². The first kappa shape index (κ1) is 11.4. The molecule has 0 aliphatic rings. The molecule has 0 aromatic rings. The maximum atomic E-state index is 8.57. The Balaban J connectivity index is 3.56. The molecule has 70 valence electrons. The number of hydrogen-bond acceptors (Lipinski definition) is 1. The molecule has 0 atom stereocenters. The molecule has 1 N–H and O–H groups in total. The lowest BCUT2D eigenvalue weighted by Gasteiger charge is -1.97. The third-order valence-corrected chi connectivity index (χ3v) is 1.71. The van der Waals surface area contributed by atoms with Crippen molar-refractivity contribution in [3.05, 3.63) is 23.3 Å². The van der Waals surface area contributed by atoms with Crippen LogP contribution in [0.4, 0.5) is 0 Å². The third-order valence-electron chi connectivity index (χ3n) is 1.71. The molecule has 0 unspecified atom stereocenters. The maximum Gasteiger partial charge on any atom is 0.0465 e. The van der Waals surface area contributed by atoms with Gasteiger partial charge in [0.2, 0.25) is 0 Å². The summed E-state index contributed by atoms with van der Waals surface area (Å²) in [5, 5.41) is 8.57. The lowest BCUT2D eigenvalue weighted by molar-refractivity contribution is 0.302. The Morgan fingerprint density at radius 3 is 2.25 bits per heavy atom. The molecular formula is C11H20O. The van der Waals surface area contributed by atoms with Crippen LogP contribution in [0.25, 0.3) is 0 Å². The standard InChI is InChI=1S/C11H20O/c1-10(2)6-4-7-11(3)8-5-9-12/h6,8,12H,4-5,7,9H2,1-3H3. The van der Waals surface area contributed by atoms with Gasteiger partial charge in [-0.25, -0.2) is 0 Å². The highest BCUT2D eigenvalue weighted by Gasteiger charge is 1.87. The second-order valence-corrected chi connectivity index (χ2v) is 3.38. The lowest BCUT2D eigenvalue weighted by Crippen LogP contribution is -1.81. The second-order valence-electron chi connectivity index (χ2n) is 3.38. The van der Waals surface area contributed by atoms with Crippen LogP contribution in [0.5, 0.6) is 0 Å². The molecule has 0 saturated carbocycles. The summed E-state index contributed by atoms with van der Waals surface area (Å²) in [4.78, 5) is 0. The van der Waals surface area contributed by atoms with Crippen LogP contribution in [0, 0.1) is 0 Å². The summed E-state index contributed by atoms with van der Waals surface area (Å²) in [7, 11) is 0. The van der Waals surface area contributed by atoms with Crippen molar-refractivity contribution in [1.29, 1.82) is 0 Å². The molecule has 1 nitrogen and oxygen atoms in total. The Morgan fingerprint density at radius 1 is 1.08 bits per heavy atom. The van der Waals surface area contributed by atoms with Crippen molar-refractivity contribution in [2.75, 3.05) is 6.61 Å². The molecule has 0 aliphatic heterocycles. The van der Waals surface area contributed by atoms with Gasteiger partial charge in [-0.1, -0.05) is 23.3 Å². The van der Waals surface area contributed by atoms with Crippen LogP contribution in [0.2, 0.25) is 0 Å². The van der Waals surface area contributed by atoms with E-state index in [2.05, 4.69) is 32.9 Å². The van der Waals surface area contributed by atoms with Crippen molar-refractivity contribution < 1.29 is 5.11 Å². The van der Waals surface area contributed by atoms with E-state index in [0.717, 1.165) is 19.3 Å². The van der Waals surface area contributed by atoms with Crippen LogP contribution < -0.4 is 0 Å². The summed E-state index contributed by atoms with van der Waals surface area (Å²) < 4.78 is 0. The molecule has 0 amide bonds. The van der Waals surface area contributed by atoms with Gasteiger partial charge < -0.3 is 5.11 Å². The summed E-state index contributed by atoms with van der Waals surface area (Å²) in [6, 6.07) is 0. The number of aliphatic hydroxyl groups excluding tert-OH is 1. The molecule has 0 spiro atoms. The zero-order valence-corrected chi connectivity index (χ0v) is 8.43. The number of aliphatic hydroxyl groups is 1. The van der Waals surface area contributed by atoms with Gasteiger partial charge in [-0.05, 0) is 40.0 Å². The van der Waals surface area contributed by atoms with Crippen LogP contribution in [-0.4, -0.2) is 11.7 Å². The van der Waals surface area contributed by atoms with Crippen LogP contribution in [0.3, 0.4) is 0 Å². The predicted molar refractivity (Wildman–Crippen MR) is 54.1 cm³/mol. The van der Waals surface area contributed by atoms with Gasteiger partial charge in [0, 0.05) is 6.61 Å². The van der Waals surface area contributed by atoms with Gasteiger partial charge in [0.15, 0.2) is 0 Å². The summed E-state index contributed by atoms with van der Waals surface area (Å²) >= 11 is 0. The van der Waals surface area contributed by atoms with Crippen molar-refractivity contribution in [3.8, 4) is 0 Å². The summed E-state index contributed by atoms with van der Waals surface area (Å²) in [6.07, 6.45) is 7.39. The Hall–Kier alpha value is -0.560. The molecule has 1 heteroatoms. The minimum Gasteiger partial charge on any atom is -0.396 e. The minimum absolute atomic E-state index is 0.264. The zero-order chi connectivity index (χ0) is 9.40. The molecular weight excluding hydrogens is 148 g/mol. The van der Waals surface area contributed by atoms with Crippen LogP contribution in [0.15, 0.2) is 23.3 Å². The van der Waals surface area contributed by atoms with Gasteiger partial charge in [-0.3, -0.25) is 0 Å². The van der Waals surface area contributed by atoms with Gasteiger partial charge in [0.25, 0.3) is 0 Å². The average Bonchev–Trinajstić information content (AvgIpc) is 2.00. The van der Waals surface area contributed by atoms with E-state index >= 15 is 0 Å². The van der Waals surface area contributed by atoms with E-state index in [0.29, 0.717) is 0 Å². The van der Waals surface area contributed by atoms with Crippen molar-refractivity contribution in [2.24, 2.45) is 0 Å². The second kappa shape index (κ2) is 7.11. The van der Waals surface area contributed by atoms with Gasteiger partial charge in [0.1, 0.15) is 0 Å². The molecule has 0 bridgehead atoms. The largest absolute Gasteiger partial charge is 0.396 e. The van der Waals surface area contributed by atoms with Gasteiger partial charge >= 0.3 is 0 Å². The molecule has 0 aromatic carbocycles. The number of allylic oxidation sites excluding steroid dienone is 3. The molecule has 0 radical (unpaired) electrons. The highest BCUT2D eigenvalue weighted by molar-refractivity contribution is 5.01. The fourth-order valence-corrected chi connectivity index (χ4v) is 1.00. The average molecular weight is 168 g/mol. The first-order valence-electron chi connectivity index (χ1n) is 4.56.